The molecule has 0 aliphatic carbocycles. The van der Waals surface area contributed by atoms with Crippen molar-refractivity contribution in [2.24, 2.45) is 0 Å². The molecule has 0 bridgehead atoms. The van der Waals surface area contributed by atoms with E-state index in [0.717, 1.165) is 32.5 Å². The summed E-state index contributed by atoms with van der Waals surface area (Å²) in [6.07, 6.45) is 1.78. The first-order valence-electron chi connectivity index (χ1n) is 5.36. The van der Waals surface area contributed by atoms with Gasteiger partial charge in [-0.25, -0.2) is 0 Å². The van der Waals surface area contributed by atoms with Crippen LogP contribution in [0.2, 0.25) is 0 Å². The van der Waals surface area contributed by atoms with Gasteiger partial charge in [0.25, 0.3) is 0 Å². The first-order valence-corrected chi connectivity index (χ1v) is 6.15. The summed E-state index contributed by atoms with van der Waals surface area (Å²) in [5, 5.41) is 1.13. The fourth-order valence-corrected chi connectivity index (χ4v) is 2.30. The van der Waals surface area contributed by atoms with Crippen molar-refractivity contribution in [3.05, 3.63) is 52.6 Å². The molecule has 3 aromatic rings. The van der Waals surface area contributed by atoms with Gasteiger partial charge in [-0.15, -0.1) is 0 Å². The Morgan fingerprint density at radius 2 is 2.06 bits per heavy atom. The number of aryl methyl sites for hydroxylation is 1. The molecule has 0 fully saturated rings. The number of aromatic nitrogens is 1. The predicted molar refractivity (Wildman–Crippen MR) is 71.9 cm³/mol. The van der Waals surface area contributed by atoms with Gasteiger partial charge in [-0.1, -0.05) is 22.0 Å². The molecular formula is C14H10BrNO. The molecule has 0 atom stereocenters. The number of hydrogen-bond acceptors (Lipinski definition) is 2. The minimum absolute atomic E-state index is 0.846. The lowest BCUT2D eigenvalue weighted by atomic mass is 10.1. The van der Waals surface area contributed by atoms with Crippen LogP contribution in [0.5, 0.6) is 0 Å². The van der Waals surface area contributed by atoms with Gasteiger partial charge >= 0.3 is 0 Å². The summed E-state index contributed by atoms with van der Waals surface area (Å²) in [7, 11) is 0. The molecule has 84 valence electrons. The standard InChI is InChI=1S/C14H10BrNO/c1-9-11-8-10(15)5-6-13(11)17-14(9)12-4-2-3-7-16-12/h2-8H,1H3. The van der Waals surface area contributed by atoms with Crippen molar-refractivity contribution >= 4 is 26.9 Å². The molecular weight excluding hydrogens is 278 g/mol. The van der Waals surface area contributed by atoms with Crippen LogP contribution in [0.25, 0.3) is 22.4 Å². The third kappa shape index (κ3) is 1.76. The molecule has 0 N–H and O–H groups in total. The number of fused-ring (bicyclic) bond motifs is 1. The highest BCUT2D eigenvalue weighted by Gasteiger charge is 2.12. The van der Waals surface area contributed by atoms with Crippen LogP contribution >= 0.6 is 15.9 Å². The van der Waals surface area contributed by atoms with Crippen LogP contribution in [0.4, 0.5) is 0 Å². The van der Waals surface area contributed by atoms with E-state index in [-0.39, 0.29) is 0 Å². The zero-order valence-corrected chi connectivity index (χ0v) is 10.9. The highest BCUT2D eigenvalue weighted by molar-refractivity contribution is 9.10. The van der Waals surface area contributed by atoms with Crippen molar-refractivity contribution in [2.75, 3.05) is 0 Å². The maximum absolute atomic E-state index is 5.86. The van der Waals surface area contributed by atoms with Crippen LogP contribution in [-0.4, -0.2) is 4.98 Å². The van der Waals surface area contributed by atoms with E-state index in [1.54, 1.807) is 6.20 Å². The van der Waals surface area contributed by atoms with Gasteiger partial charge in [0.05, 0.1) is 0 Å². The number of pyridine rings is 1. The number of furan rings is 1. The minimum Gasteiger partial charge on any atom is -0.454 e. The Labute approximate surface area is 107 Å². The second-order valence-corrected chi connectivity index (χ2v) is 4.83. The molecule has 0 saturated heterocycles. The normalized spacial score (nSPS) is 10.9. The lowest BCUT2D eigenvalue weighted by Crippen LogP contribution is -1.81. The third-order valence-corrected chi connectivity index (χ3v) is 3.29. The monoisotopic (exact) mass is 287 g/mol. The van der Waals surface area contributed by atoms with E-state index >= 15 is 0 Å². The number of hydrogen-bond donors (Lipinski definition) is 0. The molecule has 3 heteroatoms. The second kappa shape index (κ2) is 4.00. The summed E-state index contributed by atoms with van der Waals surface area (Å²) >= 11 is 3.47. The summed E-state index contributed by atoms with van der Waals surface area (Å²) in [6, 6.07) is 11.8. The Kier molecular flexibility index (Phi) is 2.48. The van der Waals surface area contributed by atoms with E-state index in [4.69, 9.17) is 4.42 Å². The zero-order valence-electron chi connectivity index (χ0n) is 9.27. The number of halogens is 1. The highest BCUT2D eigenvalue weighted by Crippen LogP contribution is 2.33. The van der Waals surface area contributed by atoms with Gasteiger partial charge in [-0.05, 0) is 37.3 Å². The maximum atomic E-state index is 5.86. The van der Waals surface area contributed by atoms with Crippen molar-refractivity contribution in [2.45, 2.75) is 6.92 Å². The van der Waals surface area contributed by atoms with Gasteiger partial charge in [0.15, 0.2) is 5.76 Å². The van der Waals surface area contributed by atoms with E-state index in [9.17, 15) is 0 Å². The molecule has 3 rings (SSSR count). The van der Waals surface area contributed by atoms with Crippen LogP contribution in [-0.2, 0) is 0 Å². The Bertz CT molecular complexity index is 673. The maximum Gasteiger partial charge on any atom is 0.156 e. The summed E-state index contributed by atoms with van der Waals surface area (Å²) in [5.74, 6) is 0.846. The van der Waals surface area contributed by atoms with Crippen LogP contribution < -0.4 is 0 Å². The van der Waals surface area contributed by atoms with Gasteiger partial charge in [0, 0.05) is 21.6 Å². The Morgan fingerprint density at radius 1 is 1.18 bits per heavy atom. The smallest absolute Gasteiger partial charge is 0.156 e. The SMILES string of the molecule is Cc1c(-c2ccccn2)oc2ccc(Br)cc12. The fraction of sp³-hybridized carbons (Fsp3) is 0.0714. The number of rotatable bonds is 1. The van der Waals surface area contributed by atoms with Crippen LogP contribution in [0.3, 0.4) is 0 Å². The number of nitrogens with zero attached hydrogens (tertiary/aromatic N) is 1. The molecule has 2 aromatic heterocycles. The topological polar surface area (TPSA) is 26.0 Å². The summed E-state index contributed by atoms with van der Waals surface area (Å²) in [4.78, 5) is 4.32. The van der Waals surface area contributed by atoms with Crippen molar-refractivity contribution < 1.29 is 4.42 Å². The van der Waals surface area contributed by atoms with Gasteiger partial charge < -0.3 is 4.42 Å². The average molecular weight is 288 g/mol. The molecule has 0 aliphatic rings. The Balaban J connectivity index is 2.28. The molecule has 0 unspecified atom stereocenters. The van der Waals surface area contributed by atoms with Crippen LogP contribution in [0.1, 0.15) is 5.56 Å². The molecule has 2 nitrogen and oxygen atoms in total. The lowest BCUT2D eigenvalue weighted by Gasteiger charge is -1.95. The fourth-order valence-electron chi connectivity index (χ4n) is 1.93. The Hall–Kier alpha value is -1.61. The number of benzene rings is 1. The molecule has 0 radical (unpaired) electrons. The first kappa shape index (κ1) is 10.5. The van der Waals surface area contributed by atoms with Crippen molar-refractivity contribution in [1.29, 1.82) is 0 Å². The lowest BCUT2D eigenvalue weighted by molar-refractivity contribution is 0.626. The van der Waals surface area contributed by atoms with E-state index in [1.165, 1.54) is 0 Å². The third-order valence-electron chi connectivity index (χ3n) is 2.80. The van der Waals surface area contributed by atoms with Gasteiger partial charge in [0.1, 0.15) is 11.3 Å². The minimum atomic E-state index is 0.846. The van der Waals surface area contributed by atoms with Crippen molar-refractivity contribution in [3.8, 4) is 11.5 Å². The van der Waals surface area contributed by atoms with Gasteiger partial charge in [-0.2, -0.15) is 0 Å². The average Bonchev–Trinajstić information content (AvgIpc) is 2.68. The van der Waals surface area contributed by atoms with Crippen molar-refractivity contribution in [1.82, 2.24) is 4.98 Å². The molecule has 0 amide bonds. The molecule has 2 heterocycles. The molecule has 0 aliphatic heterocycles. The summed E-state index contributed by atoms with van der Waals surface area (Å²) < 4.78 is 6.91. The van der Waals surface area contributed by atoms with E-state index in [1.807, 2.05) is 30.3 Å². The molecule has 0 spiro atoms. The van der Waals surface area contributed by atoms with Gasteiger partial charge in [0.2, 0.25) is 0 Å². The first-order chi connectivity index (χ1) is 8.25. The Morgan fingerprint density at radius 3 is 2.82 bits per heavy atom. The van der Waals surface area contributed by atoms with Crippen LogP contribution in [0, 0.1) is 6.92 Å². The summed E-state index contributed by atoms with van der Waals surface area (Å²) in [5.41, 5.74) is 2.89. The zero-order chi connectivity index (χ0) is 11.8. The van der Waals surface area contributed by atoms with Gasteiger partial charge in [-0.3, -0.25) is 4.98 Å². The van der Waals surface area contributed by atoms with E-state index in [0.29, 0.717) is 0 Å². The molecule has 1 aromatic carbocycles. The largest absolute Gasteiger partial charge is 0.454 e. The molecule has 0 saturated carbocycles. The predicted octanol–water partition coefficient (Wildman–Crippen LogP) is 4.57. The molecule has 17 heavy (non-hydrogen) atoms. The summed E-state index contributed by atoms with van der Waals surface area (Å²) in [6.45, 7) is 2.06. The van der Waals surface area contributed by atoms with E-state index in [2.05, 4.69) is 33.9 Å². The van der Waals surface area contributed by atoms with Crippen LogP contribution in [0.15, 0.2) is 51.5 Å². The van der Waals surface area contributed by atoms with Crippen molar-refractivity contribution in [3.63, 3.8) is 0 Å². The quantitative estimate of drug-likeness (QED) is 0.655. The van der Waals surface area contributed by atoms with E-state index < -0.39 is 0 Å². The second-order valence-electron chi connectivity index (χ2n) is 3.91. The highest BCUT2D eigenvalue weighted by atomic mass is 79.9.